The second-order valence-corrected chi connectivity index (χ2v) is 9.11. The summed E-state index contributed by atoms with van der Waals surface area (Å²) in [7, 11) is 0. The van der Waals surface area contributed by atoms with Crippen LogP contribution in [0.25, 0.3) is 0 Å². The van der Waals surface area contributed by atoms with E-state index in [1.807, 2.05) is 0 Å². The Bertz CT molecular complexity index is 1050. The first kappa shape index (κ1) is 26.3. The lowest BCUT2D eigenvalue weighted by molar-refractivity contribution is -0.140. The molecule has 35 heavy (non-hydrogen) atoms. The highest BCUT2D eigenvalue weighted by atomic mass is 19.2. The third-order valence-electron chi connectivity index (χ3n) is 6.57. The van der Waals surface area contributed by atoms with Gasteiger partial charge < -0.3 is 9.47 Å². The van der Waals surface area contributed by atoms with Crippen LogP contribution in [-0.2, 0) is 4.79 Å². The smallest absolute Gasteiger partial charge is 0.343 e. The van der Waals surface area contributed by atoms with Gasteiger partial charge in [0.05, 0.1) is 17.0 Å². The van der Waals surface area contributed by atoms with Crippen LogP contribution in [0.15, 0.2) is 36.4 Å². The molecule has 0 heterocycles. The van der Waals surface area contributed by atoms with Gasteiger partial charge >= 0.3 is 11.9 Å². The Kier molecular flexibility index (Phi) is 9.77. The van der Waals surface area contributed by atoms with Crippen molar-refractivity contribution in [2.24, 2.45) is 11.8 Å². The van der Waals surface area contributed by atoms with Crippen molar-refractivity contribution in [3.8, 4) is 17.6 Å². The van der Waals surface area contributed by atoms with Crippen molar-refractivity contribution in [3.63, 3.8) is 0 Å². The van der Waals surface area contributed by atoms with E-state index >= 15 is 0 Å². The first-order chi connectivity index (χ1) is 16.9. The Morgan fingerprint density at radius 3 is 2.26 bits per heavy atom. The molecule has 0 atom stereocenters. The Morgan fingerprint density at radius 2 is 1.60 bits per heavy atom. The van der Waals surface area contributed by atoms with Crippen LogP contribution in [0.3, 0.4) is 0 Å². The molecule has 7 heteroatoms. The highest BCUT2D eigenvalue weighted by Gasteiger charge is 2.27. The number of ether oxygens (including phenoxy) is 2. The van der Waals surface area contributed by atoms with E-state index in [1.54, 1.807) is 0 Å². The van der Waals surface area contributed by atoms with E-state index in [4.69, 9.17) is 14.7 Å². The molecule has 2 aromatic carbocycles. The lowest BCUT2D eigenvalue weighted by Crippen LogP contribution is -2.25. The van der Waals surface area contributed by atoms with Crippen molar-refractivity contribution in [3.05, 3.63) is 59.2 Å². The molecule has 0 aliphatic heterocycles. The number of esters is 2. The molecule has 0 unspecified atom stereocenters. The minimum atomic E-state index is -1.41. The van der Waals surface area contributed by atoms with E-state index in [1.165, 1.54) is 68.9 Å². The van der Waals surface area contributed by atoms with Gasteiger partial charge in [-0.2, -0.15) is 9.65 Å². The van der Waals surface area contributed by atoms with Crippen LogP contribution >= 0.6 is 0 Å². The maximum absolute atomic E-state index is 14.0. The van der Waals surface area contributed by atoms with Gasteiger partial charge in [0.1, 0.15) is 11.8 Å². The van der Waals surface area contributed by atoms with Gasteiger partial charge in [-0.15, -0.1) is 0 Å². The van der Waals surface area contributed by atoms with Crippen LogP contribution in [0, 0.1) is 34.8 Å². The molecule has 0 saturated heterocycles. The highest BCUT2D eigenvalue weighted by molar-refractivity contribution is 5.91. The number of carbonyl (C=O) groups is 2. The van der Waals surface area contributed by atoms with Gasteiger partial charge in [-0.1, -0.05) is 45.4 Å². The van der Waals surface area contributed by atoms with Crippen LogP contribution in [0.4, 0.5) is 8.78 Å². The van der Waals surface area contributed by atoms with Gasteiger partial charge in [0, 0.05) is 0 Å². The third-order valence-corrected chi connectivity index (χ3v) is 6.57. The Hall–Kier alpha value is -3.27. The van der Waals surface area contributed by atoms with Crippen molar-refractivity contribution in [1.82, 2.24) is 0 Å². The summed E-state index contributed by atoms with van der Waals surface area (Å²) in [6, 6.07) is 9.27. The minimum absolute atomic E-state index is 0.0772. The average Bonchev–Trinajstić information content (AvgIpc) is 2.87. The molecule has 5 nitrogen and oxygen atoms in total. The second-order valence-electron chi connectivity index (χ2n) is 9.11. The number of unbranched alkanes of at least 4 members (excludes halogenated alkanes) is 4. The lowest BCUT2D eigenvalue weighted by atomic mass is 9.80. The number of halogens is 2. The molecule has 0 aromatic heterocycles. The zero-order chi connectivity index (χ0) is 25.2. The van der Waals surface area contributed by atoms with Crippen molar-refractivity contribution >= 4 is 11.9 Å². The average molecular weight is 484 g/mol. The van der Waals surface area contributed by atoms with Crippen molar-refractivity contribution < 1.29 is 27.8 Å². The number of hydrogen-bond donors (Lipinski definition) is 0. The van der Waals surface area contributed by atoms with Crippen molar-refractivity contribution in [2.75, 3.05) is 0 Å². The molecule has 1 aliphatic carbocycles. The van der Waals surface area contributed by atoms with E-state index in [2.05, 4.69) is 6.92 Å². The molecule has 0 amide bonds. The van der Waals surface area contributed by atoms with Crippen LogP contribution in [0.5, 0.6) is 11.5 Å². The summed E-state index contributed by atoms with van der Waals surface area (Å²) < 4.78 is 38.1. The SMILES string of the molecule is CCCCCCCC1CCC(C(=O)Oc2ccc(C(=O)Oc3ccc(C#N)c(F)c3F)cc2)CC1. The Morgan fingerprint density at radius 1 is 0.914 bits per heavy atom. The molecule has 2 aromatic rings. The normalized spacial score (nSPS) is 17.4. The molecule has 3 rings (SSSR count). The van der Waals surface area contributed by atoms with E-state index in [0.29, 0.717) is 11.7 Å². The van der Waals surface area contributed by atoms with Gasteiger partial charge in [-0.3, -0.25) is 4.79 Å². The molecule has 0 bridgehead atoms. The fraction of sp³-hybridized carbons (Fsp3) is 0.464. The predicted molar refractivity (Wildman–Crippen MR) is 127 cm³/mol. The van der Waals surface area contributed by atoms with Crippen molar-refractivity contribution in [1.29, 1.82) is 5.26 Å². The fourth-order valence-electron chi connectivity index (χ4n) is 4.44. The fourth-order valence-corrected chi connectivity index (χ4v) is 4.44. The summed E-state index contributed by atoms with van der Waals surface area (Å²) >= 11 is 0. The first-order valence-corrected chi connectivity index (χ1v) is 12.3. The maximum Gasteiger partial charge on any atom is 0.343 e. The molecule has 0 N–H and O–H groups in total. The summed E-state index contributed by atoms with van der Waals surface area (Å²) in [5, 5.41) is 8.73. The largest absolute Gasteiger partial charge is 0.426 e. The van der Waals surface area contributed by atoms with Crippen LogP contribution in [0.1, 0.15) is 87.1 Å². The Balaban J connectivity index is 1.46. The predicted octanol–water partition coefficient (Wildman–Crippen LogP) is 7.13. The minimum Gasteiger partial charge on any atom is -0.426 e. The number of benzene rings is 2. The van der Waals surface area contributed by atoms with Gasteiger partial charge in [0.2, 0.25) is 5.82 Å². The molecule has 0 radical (unpaired) electrons. The van der Waals surface area contributed by atoms with Gasteiger partial charge in [0.25, 0.3) is 0 Å². The van der Waals surface area contributed by atoms with E-state index in [9.17, 15) is 18.4 Å². The molecule has 0 spiro atoms. The van der Waals surface area contributed by atoms with Crippen molar-refractivity contribution in [2.45, 2.75) is 71.1 Å². The summed E-state index contributed by atoms with van der Waals surface area (Å²) in [5.41, 5.74) is -0.405. The zero-order valence-corrected chi connectivity index (χ0v) is 20.0. The number of rotatable bonds is 10. The standard InChI is InChI=1S/C28H31F2NO4/c1-2-3-4-5-6-7-19-8-10-20(11-9-19)27(32)34-23-15-12-21(13-16-23)28(33)35-24-17-14-22(18-31)25(29)26(24)30/h12-17,19-20H,2-11H2,1H3. The van der Waals surface area contributed by atoms with Crippen LogP contribution in [0.2, 0.25) is 0 Å². The molecule has 186 valence electrons. The summed E-state index contributed by atoms with van der Waals surface area (Å²) in [6.07, 6.45) is 11.4. The van der Waals surface area contributed by atoms with E-state index in [-0.39, 0.29) is 17.5 Å². The quantitative estimate of drug-likeness (QED) is 0.204. The maximum atomic E-state index is 14.0. The summed E-state index contributed by atoms with van der Waals surface area (Å²) in [5.74, 6) is -3.68. The number of carbonyl (C=O) groups excluding carboxylic acids is 2. The zero-order valence-electron chi connectivity index (χ0n) is 20.0. The molecular formula is C28H31F2NO4. The second kappa shape index (κ2) is 13.0. The summed E-state index contributed by atoms with van der Waals surface area (Å²) in [4.78, 5) is 24.9. The molecule has 1 fully saturated rings. The summed E-state index contributed by atoms with van der Waals surface area (Å²) in [6.45, 7) is 2.22. The molecule has 1 saturated carbocycles. The number of nitrogens with zero attached hydrogens (tertiary/aromatic N) is 1. The number of nitriles is 1. The third kappa shape index (κ3) is 7.35. The molecule has 1 aliphatic rings. The van der Waals surface area contributed by atoms with E-state index in [0.717, 1.165) is 37.8 Å². The van der Waals surface area contributed by atoms with Gasteiger partial charge in [-0.05, 0) is 68.0 Å². The van der Waals surface area contributed by atoms with Crippen LogP contribution < -0.4 is 9.47 Å². The van der Waals surface area contributed by atoms with Crippen LogP contribution in [-0.4, -0.2) is 11.9 Å². The lowest BCUT2D eigenvalue weighted by Gasteiger charge is -2.27. The van der Waals surface area contributed by atoms with Gasteiger partial charge in [-0.25, -0.2) is 9.18 Å². The number of hydrogen-bond acceptors (Lipinski definition) is 5. The first-order valence-electron chi connectivity index (χ1n) is 12.3. The topological polar surface area (TPSA) is 76.4 Å². The van der Waals surface area contributed by atoms with E-state index < -0.39 is 28.9 Å². The van der Waals surface area contributed by atoms with Gasteiger partial charge in [0.15, 0.2) is 11.6 Å². The monoisotopic (exact) mass is 483 g/mol. The molecular weight excluding hydrogens is 452 g/mol. The highest BCUT2D eigenvalue weighted by Crippen LogP contribution is 2.33. The Labute approximate surface area is 205 Å².